The zero-order valence-corrected chi connectivity index (χ0v) is 8.36. The molecule has 0 aliphatic heterocycles. The lowest BCUT2D eigenvalue weighted by Crippen LogP contribution is -2.12. The molecule has 0 spiro atoms. The van der Waals surface area contributed by atoms with Crippen LogP contribution in [0.3, 0.4) is 0 Å². The molecule has 2 heterocycles. The molecule has 0 atom stereocenters. The lowest BCUT2D eigenvalue weighted by Gasteiger charge is -2.00. The van der Waals surface area contributed by atoms with Crippen molar-refractivity contribution in [2.24, 2.45) is 0 Å². The van der Waals surface area contributed by atoms with E-state index in [1.54, 1.807) is 6.07 Å². The number of nitrogens with two attached hydrogens (primary N) is 1. The van der Waals surface area contributed by atoms with Crippen molar-refractivity contribution in [2.75, 3.05) is 11.1 Å². The SMILES string of the molecule is Nc1cc(C(=O)Nc2nncs2)ccn1. The zero-order valence-electron chi connectivity index (χ0n) is 7.54. The van der Waals surface area contributed by atoms with Gasteiger partial charge < -0.3 is 5.73 Å². The molecule has 0 saturated heterocycles. The number of aromatic nitrogens is 3. The van der Waals surface area contributed by atoms with Crippen molar-refractivity contribution in [3.63, 3.8) is 0 Å². The fourth-order valence-electron chi connectivity index (χ4n) is 0.986. The monoisotopic (exact) mass is 221 g/mol. The minimum absolute atomic E-state index is 0.277. The van der Waals surface area contributed by atoms with Crippen molar-refractivity contribution in [1.29, 1.82) is 0 Å². The first-order valence-corrected chi connectivity index (χ1v) is 4.93. The highest BCUT2D eigenvalue weighted by Crippen LogP contribution is 2.11. The number of pyridine rings is 1. The maximum Gasteiger partial charge on any atom is 0.257 e. The highest BCUT2D eigenvalue weighted by molar-refractivity contribution is 7.13. The number of carbonyl (C=O) groups is 1. The Morgan fingerprint density at radius 3 is 3.07 bits per heavy atom. The summed E-state index contributed by atoms with van der Waals surface area (Å²) in [4.78, 5) is 15.4. The maximum atomic E-state index is 11.6. The fourth-order valence-corrected chi connectivity index (χ4v) is 1.43. The second-order valence-electron chi connectivity index (χ2n) is 2.67. The molecule has 15 heavy (non-hydrogen) atoms. The maximum absolute atomic E-state index is 11.6. The van der Waals surface area contributed by atoms with Gasteiger partial charge in [-0.05, 0) is 12.1 Å². The quantitative estimate of drug-likeness (QED) is 0.781. The summed E-state index contributed by atoms with van der Waals surface area (Å²) in [5.74, 6) is 0.0285. The van der Waals surface area contributed by atoms with Gasteiger partial charge in [0.15, 0.2) is 0 Å². The van der Waals surface area contributed by atoms with E-state index in [1.165, 1.54) is 29.1 Å². The first kappa shape index (κ1) is 9.53. The summed E-state index contributed by atoms with van der Waals surface area (Å²) in [6, 6.07) is 3.07. The van der Waals surface area contributed by atoms with Crippen LogP contribution in [0.4, 0.5) is 10.9 Å². The van der Waals surface area contributed by atoms with Crippen LogP contribution in [0.15, 0.2) is 23.8 Å². The van der Waals surface area contributed by atoms with Crippen molar-refractivity contribution in [1.82, 2.24) is 15.2 Å². The molecule has 0 aliphatic rings. The average molecular weight is 221 g/mol. The van der Waals surface area contributed by atoms with Crippen molar-refractivity contribution >= 4 is 28.2 Å². The smallest absolute Gasteiger partial charge is 0.257 e. The van der Waals surface area contributed by atoms with Crippen LogP contribution in [-0.2, 0) is 0 Å². The average Bonchev–Trinajstić information content (AvgIpc) is 2.70. The minimum Gasteiger partial charge on any atom is -0.384 e. The zero-order chi connectivity index (χ0) is 10.7. The van der Waals surface area contributed by atoms with Crippen molar-refractivity contribution in [2.45, 2.75) is 0 Å². The summed E-state index contributed by atoms with van der Waals surface area (Å²) in [7, 11) is 0. The molecule has 2 aromatic heterocycles. The highest BCUT2D eigenvalue weighted by Gasteiger charge is 2.07. The Bertz CT molecular complexity index is 470. The molecule has 3 N–H and O–H groups in total. The summed E-state index contributed by atoms with van der Waals surface area (Å²) in [6.45, 7) is 0. The Hall–Kier alpha value is -2.02. The number of carbonyl (C=O) groups excluding carboxylic acids is 1. The molecule has 2 rings (SSSR count). The largest absolute Gasteiger partial charge is 0.384 e. The highest BCUT2D eigenvalue weighted by atomic mass is 32.1. The summed E-state index contributed by atoms with van der Waals surface area (Å²) < 4.78 is 0. The van der Waals surface area contributed by atoms with Crippen molar-refractivity contribution in [3.05, 3.63) is 29.4 Å². The van der Waals surface area contributed by atoms with Gasteiger partial charge in [0.1, 0.15) is 11.3 Å². The molecule has 0 fully saturated rings. The van der Waals surface area contributed by atoms with E-state index >= 15 is 0 Å². The lowest BCUT2D eigenvalue weighted by molar-refractivity contribution is 0.102. The molecule has 0 radical (unpaired) electrons. The third-order valence-corrected chi connectivity index (χ3v) is 2.23. The number of amides is 1. The van der Waals surface area contributed by atoms with E-state index in [1.807, 2.05) is 0 Å². The van der Waals surface area contributed by atoms with Gasteiger partial charge in [-0.1, -0.05) is 11.3 Å². The Morgan fingerprint density at radius 1 is 1.53 bits per heavy atom. The topological polar surface area (TPSA) is 93.8 Å². The second kappa shape index (κ2) is 4.01. The van der Waals surface area contributed by atoms with Gasteiger partial charge in [-0.25, -0.2) is 4.98 Å². The molecule has 0 bridgehead atoms. The minimum atomic E-state index is -0.277. The second-order valence-corrected chi connectivity index (χ2v) is 3.50. The Kier molecular flexibility index (Phi) is 2.55. The van der Waals surface area contributed by atoms with E-state index in [9.17, 15) is 4.79 Å². The molecule has 6 nitrogen and oxygen atoms in total. The van der Waals surface area contributed by atoms with Crippen LogP contribution in [-0.4, -0.2) is 21.1 Å². The van der Waals surface area contributed by atoms with Crippen LogP contribution in [0.1, 0.15) is 10.4 Å². The first-order chi connectivity index (χ1) is 7.25. The number of hydrogen-bond donors (Lipinski definition) is 2. The van der Waals surface area contributed by atoms with Crippen LogP contribution < -0.4 is 11.1 Å². The van der Waals surface area contributed by atoms with Crippen LogP contribution >= 0.6 is 11.3 Å². The molecule has 76 valence electrons. The van der Waals surface area contributed by atoms with Crippen LogP contribution in [0.5, 0.6) is 0 Å². The van der Waals surface area contributed by atoms with E-state index in [-0.39, 0.29) is 5.91 Å². The number of nitrogens with one attached hydrogen (secondary N) is 1. The molecule has 7 heteroatoms. The van der Waals surface area contributed by atoms with Crippen LogP contribution in [0.25, 0.3) is 0 Å². The van der Waals surface area contributed by atoms with Gasteiger partial charge in [0.2, 0.25) is 5.13 Å². The van der Waals surface area contributed by atoms with Crippen LogP contribution in [0.2, 0.25) is 0 Å². The summed E-state index contributed by atoms with van der Waals surface area (Å²) >= 11 is 1.25. The van der Waals surface area contributed by atoms with Gasteiger partial charge in [0.25, 0.3) is 5.91 Å². The third kappa shape index (κ3) is 2.26. The number of anilines is 2. The van der Waals surface area contributed by atoms with Crippen molar-refractivity contribution < 1.29 is 4.79 Å². The number of hydrogen-bond acceptors (Lipinski definition) is 6. The third-order valence-electron chi connectivity index (χ3n) is 1.62. The van der Waals surface area contributed by atoms with E-state index in [0.29, 0.717) is 16.5 Å². The van der Waals surface area contributed by atoms with Gasteiger partial charge in [0, 0.05) is 11.8 Å². The molecule has 1 amide bonds. The molecule has 0 unspecified atom stereocenters. The Labute approximate surface area is 89.2 Å². The fraction of sp³-hybridized carbons (Fsp3) is 0. The predicted octanol–water partition coefficient (Wildman–Crippen LogP) is 0.768. The van der Waals surface area contributed by atoms with Crippen molar-refractivity contribution in [3.8, 4) is 0 Å². The molecular weight excluding hydrogens is 214 g/mol. The Morgan fingerprint density at radius 2 is 2.40 bits per heavy atom. The van der Waals surface area contributed by atoms with Crippen LogP contribution in [0, 0.1) is 0 Å². The molecule has 0 saturated carbocycles. The standard InChI is InChI=1S/C8H7N5OS/c9-6-3-5(1-2-10-6)7(14)12-8-13-11-4-15-8/h1-4H,(H2,9,10)(H,12,13,14). The van der Waals surface area contributed by atoms with Gasteiger partial charge in [0.05, 0.1) is 0 Å². The predicted molar refractivity (Wildman–Crippen MR) is 56.5 cm³/mol. The van der Waals surface area contributed by atoms with Gasteiger partial charge >= 0.3 is 0 Å². The molecule has 2 aromatic rings. The normalized spacial score (nSPS) is 9.87. The number of nitrogen functional groups attached to an aromatic ring is 1. The summed E-state index contributed by atoms with van der Waals surface area (Å²) in [6.07, 6.45) is 1.48. The van der Waals surface area contributed by atoms with E-state index in [2.05, 4.69) is 20.5 Å². The van der Waals surface area contributed by atoms with E-state index < -0.39 is 0 Å². The van der Waals surface area contributed by atoms with E-state index in [4.69, 9.17) is 5.73 Å². The summed E-state index contributed by atoms with van der Waals surface area (Å²) in [5, 5.41) is 10.3. The lowest BCUT2D eigenvalue weighted by atomic mass is 10.2. The number of rotatable bonds is 2. The summed E-state index contributed by atoms with van der Waals surface area (Å²) in [5.41, 5.74) is 7.43. The van der Waals surface area contributed by atoms with Gasteiger partial charge in [-0.3, -0.25) is 10.1 Å². The first-order valence-electron chi connectivity index (χ1n) is 4.05. The molecule has 0 aliphatic carbocycles. The molecule has 0 aromatic carbocycles. The van der Waals surface area contributed by atoms with E-state index in [0.717, 1.165) is 0 Å². The molecular formula is C8H7N5OS. The van der Waals surface area contributed by atoms with Gasteiger partial charge in [-0.2, -0.15) is 0 Å². The van der Waals surface area contributed by atoms with Gasteiger partial charge in [-0.15, -0.1) is 10.2 Å². The Balaban J connectivity index is 2.15. The number of nitrogens with zero attached hydrogens (tertiary/aromatic N) is 3.